The molecule has 8 heteroatoms. The van der Waals surface area contributed by atoms with Crippen molar-refractivity contribution in [1.82, 2.24) is 20.4 Å². The molecule has 0 aromatic heterocycles. The molecule has 2 unspecified atom stereocenters. The molecule has 2 N–H and O–H groups in total. The first-order valence-corrected chi connectivity index (χ1v) is 12.8. The minimum absolute atomic E-state index is 0. The van der Waals surface area contributed by atoms with Crippen LogP contribution in [0.4, 0.5) is 0 Å². The minimum atomic E-state index is 0. The second kappa shape index (κ2) is 12.2. The molecular weight excluding hydrogens is 517 g/mol. The van der Waals surface area contributed by atoms with Crippen LogP contribution in [-0.4, -0.2) is 86.2 Å². The second-order valence-corrected chi connectivity index (χ2v) is 9.87. The van der Waals surface area contributed by atoms with Gasteiger partial charge in [0.05, 0.1) is 12.6 Å². The zero-order valence-electron chi connectivity index (χ0n) is 20.1. The number of hydrogen-bond donors (Lipinski definition) is 2. The van der Waals surface area contributed by atoms with Gasteiger partial charge in [-0.25, -0.2) is 0 Å². The summed E-state index contributed by atoms with van der Waals surface area (Å²) in [4.78, 5) is 22.1. The lowest BCUT2D eigenvalue weighted by atomic mass is 9.51. The van der Waals surface area contributed by atoms with Crippen LogP contribution in [0.1, 0.15) is 65.2 Å². The topological polar surface area (TPSA) is 69.2 Å². The van der Waals surface area contributed by atoms with Crippen molar-refractivity contribution in [3.63, 3.8) is 0 Å². The molecule has 4 rings (SSSR count). The van der Waals surface area contributed by atoms with Gasteiger partial charge in [-0.05, 0) is 46.0 Å². The molecule has 32 heavy (non-hydrogen) atoms. The van der Waals surface area contributed by atoms with Gasteiger partial charge in [-0.3, -0.25) is 14.7 Å². The highest BCUT2D eigenvalue weighted by Crippen LogP contribution is 2.57. The van der Waals surface area contributed by atoms with Gasteiger partial charge >= 0.3 is 0 Å². The molecule has 1 saturated heterocycles. The Morgan fingerprint density at radius 1 is 1.09 bits per heavy atom. The zero-order chi connectivity index (χ0) is 21.7. The van der Waals surface area contributed by atoms with E-state index in [2.05, 4.69) is 34.3 Å². The van der Waals surface area contributed by atoms with E-state index in [1.165, 1.54) is 32.1 Å². The first-order valence-electron chi connectivity index (χ1n) is 12.8. The Hall–Kier alpha value is -0.610. The first-order chi connectivity index (χ1) is 15.2. The maximum atomic E-state index is 12.6. The summed E-state index contributed by atoms with van der Waals surface area (Å²) in [6, 6.07) is 0.487. The standard InChI is InChI=1S/C24H43N5O2.HI/c1-3-25-23(27-20-18-21(31-4-2)24(20)10-7-11-24)26-12-13-28-14-16-29(17-15-28)22(30)19-8-5-6-9-19;/h19-21H,3-18H2,1-2H3,(H2,25,26,27);1H. The Balaban J connectivity index is 0.00000289. The van der Waals surface area contributed by atoms with Crippen molar-refractivity contribution in [2.75, 3.05) is 52.4 Å². The summed E-state index contributed by atoms with van der Waals surface area (Å²) in [7, 11) is 0. The molecule has 0 aromatic rings. The van der Waals surface area contributed by atoms with Crippen LogP contribution in [-0.2, 0) is 9.53 Å². The minimum Gasteiger partial charge on any atom is -0.378 e. The molecule has 184 valence electrons. The molecule has 1 amide bonds. The predicted octanol–water partition coefficient (Wildman–Crippen LogP) is 2.84. The molecule has 0 bridgehead atoms. The molecule has 4 fully saturated rings. The summed E-state index contributed by atoms with van der Waals surface area (Å²) >= 11 is 0. The van der Waals surface area contributed by atoms with Crippen LogP contribution >= 0.6 is 24.0 Å². The molecule has 0 radical (unpaired) electrons. The van der Waals surface area contributed by atoms with E-state index in [0.717, 1.165) is 77.6 Å². The van der Waals surface area contributed by atoms with Crippen molar-refractivity contribution in [3.05, 3.63) is 0 Å². The van der Waals surface area contributed by atoms with E-state index in [4.69, 9.17) is 9.73 Å². The van der Waals surface area contributed by atoms with Crippen LogP contribution in [0.5, 0.6) is 0 Å². The van der Waals surface area contributed by atoms with E-state index >= 15 is 0 Å². The van der Waals surface area contributed by atoms with Crippen molar-refractivity contribution >= 4 is 35.8 Å². The summed E-state index contributed by atoms with van der Waals surface area (Å²) in [5.41, 5.74) is 0.342. The van der Waals surface area contributed by atoms with E-state index in [1.54, 1.807) is 0 Å². The molecule has 1 spiro atoms. The molecule has 1 heterocycles. The number of amides is 1. The van der Waals surface area contributed by atoms with Gasteiger partial charge in [-0.2, -0.15) is 0 Å². The number of nitrogens with zero attached hydrogens (tertiary/aromatic N) is 3. The first kappa shape index (κ1) is 26.0. The van der Waals surface area contributed by atoms with Gasteiger partial charge in [0.2, 0.25) is 5.91 Å². The lowest BCUT2D eigenvalue weighted by Gasteiger charge is -2.61. The van der Waals surface area contributed by atoms with Crippen LogP contribution < -0.4 is 10.6 Å². The number of guanidine groups is 1. The van der Waals surface area contributed by atoms with Crippen LogP contribution in [0.15, 0.2) is 4.99 Å². The van der Waals surface area contributed by atoms with Crippen molar-refractivity contribution < 1.29 is 9.53 Å². The highest BCUT2D eigenvalue weighted by Gasteiger charge is 2.59. The average molecular weight is 562 g/mol. The predicted molar refractivity (Wildman–Crippen MR) is 140 cm³/mol. The Bertz CT molecular complexity index is 628. The summed E-state index contributed by atoms with van der Waals surface area (Å²) in [6.07, 6.45) is 10.0. The van der Waals surface area contributed by atoms with Gasteiger partial charge in [0, 0.05) is 63.3 Å². The fourth-order valence-corrected chi connectivity index (χ4v) is 6.05. The lowest BCUT2D eigenvalue weighted by Crippen LogP contribution is -2.68. The van der Waals surface area contributed by atoms with Gasteiger partial charge in [0.25, 0.3) is 0 Å². The van der Waals surface area contributed by atoms with E-state index in [1.807, 2.05) is 0 Å². The van der Waals surface area contributed by atoms with Crippen molar-refractivity contribution in [3.8, 4) is 0 Å². The van der Waals surface area contributed by atoms with Crippen molar-refractivity contribution in [2.45, 2.75) is 77.4 Å². The molecule has 0 aromatic carbocycles. The molecule has 3 saturated carbocycles. The van der Waals surface area contributed by atoms with Gasteiger partial charge < -0.3 is 20.3 Å². The van der Waals surface area contributed by atoms with Crippen LogP contribution in [0, 0.1) is 11.3 Å². The number of carbonyl (C=O) groups is 1. The Morgan fingerprint density at radius 2 is 1.81 bits per heavy atom. The Morgan fingerprint density at radius 3 is 2.41 bits per heavy atom. The van der Waals surface area contributed by atoms with E-state index in [9.17, 15) is 4.79 Å². The second-order valence-electron chi connectivity index (χ2n) is 9.87. The number of ether oxygens (including phenoxy) is 1. The summed E-state index contributed by atoms with van der Waals surface area (Å²) in [5.74, 6) is 1.66. The van der Waals surface area contributed by atoms with Crippen LogP contribution in [0.25, 0.3) is 0 Å². The smallest absolute Gasteiger partial charge is 0.225 e. The maximum absolute atomic E-state index is 12.6. The fourth-order valence-electron chi connectivity index (χ4n) is 6.05. The molecule has 4 aliphatic rings. The molecule has 3 aliphatic carbocycles. The van der Waals surface area contributed by atoms with Gasteiger partial charge in [0.1, 0.15) is 0 Å². The van der Waals surface area contributed by atoms with E-state index in [-0.39, 0.29) is 24.0 Å². The third kappa shape index (κ3) is 5.71. The fraction of sp³-hybridized carbons (Fsp3) is 0.917. The van der Waals surface area contributed by atoms with Gasteiger partial charge in [-0.15, -0.1) is 24.0 Å². The number of piperazine rings is 1. The average Bonchev–Trinajstić information content (AvgIpc) is 3.26. The molecule has 1 aliphatic heterocycles. The van der Waals surface area contributed by atoms with Crippen LogP contribution in [0.3, 0.4) is 0 Å². The Kier molecular flexibility index (Phi) is 9.91. The van der Waals surface area contributed by atoms with Crippen molar-refractivity contribution in [1.29, 1.82) is 0 Å². The highest BCUT2D eigenvalue weighted by atomic mass is 127. The Labute approximate surface area is 211 Å². The summed E-state index contributed by atoms with van der Waals surface area (Å²) in [5, 5.41) is 7.15. The number of nitrogens with one attached hydrogen (secondary N) is 2. The van der Waals surface area contributed by atoms with E-state index < -0.39 is 0 Å². The largest absolute Gasteiger partial charge is 0.378 e. The highest BCUT2D eigenvalue weighted by molar-refractivity contribution is 14.0. The summed E-state index contributed by atoms with van der Waals surface area (Å²) < 4.78 is 5.99. The SMILES string of the molecule is CCNC(=NCCN1CCN(C(=O)C2CCCC2)CC1)NC1CC(OCC)C12CCC2.I. The number of hydrogen-bond acceptors (Lipinski definition) is 4. The third-order valence-corrected chi connectivity index (χ3v) is 8.17. The monoisotopic (exact) mass is 561 g/mol. The number of carbonyl (C=O) groups excluding carboxylic acids is 1. The third-order valence-electron chi connectivity index (χ3n) is 8.17. The van der Waals surface area contributed by atoms with Crippen LogP contribution in [0.2, 0.25) is 0 Å². The molecule has 2 atom stereocenters. The quantitative estimate of drug-likeness (QED) is 0.271. The van der Waals surface area contributed by atoms with Gasteiger partial charge in [-0.1, -0.05) is 19.3 Å². The maximum Gasteiger partial charge on any atom is 0.225 e. The number of aliphatic imine (C=N–C) groups is 1. The van der Waals surface area contributed by atoms with E-state index in [0.29, 0.717) is 29.4 Å². The zero-order valence-corrected chi connectivity index (χ0v) is 22.4. The normalized spacial score (nSPS) is 28.1. The van der Waals surface area contributed by atoms with Crippen molar-refractivity contribution in [2.24, 2.45) is 16.3 Å². The summed E-state index contributed by atoms with van der Waals surface area (Å²) in [6.45, 7) is 11.4. The van der Waals surface area contributed by atoms with Gasteiger partial charge in [0.15, 0.2) is 5.96 Å². The number of rotatable bonds is 8. The number of halogens is 1. The molecular formula is C24H44IN5O2. The molecule has 7 nitrogen and oxygen atoms in total. The lowest BCUT2D eigenvalue weighted by molar-refractivity contribution is -0.168.